The fourth-order valence-corrected chi connectivity index (χ4v) is 4.08. The van der Waals surface area contributed by atoms with E-state index in [0.717, 1.165) is 16.8 Å². The summed E-state index contributed by atoms with van der Waals surface area (Å²) in [5.41, 5.74) is 2.55. The molecular formula is C23H19ClFN5OS. The number of carbonyl (C=O) groups excluding carboxylic acids is 1. The van der Waals surface area contributed by atoms with Crippen LogP contribution in [-0.2, 0) is 11.3 Å². The second kappa shape index (κ2) is 9.93. The van der Waals surface area contributed by atoms with Crippen molar-refractivity contribution in [2.45, 2.75) is 11.7 Å². The highest BCUT2D eigenvalue weighted by atomic mass is 35.5. The molecule has 2 aromatic carbocycles. The van der Waals surface area contributed by atoms with E-state index in [1.54, 1.807) is 48.6 Å². The lowest BCUT2D eigenvalue weighted by atomic mass is 10.2. The highest BCUT2D eigenvalue weighted by Gasteiger charge is 2.18. The molecule has 32 heavy (non-hydrogen) atoms. The smallest absolute Gasteiger partial charge is 0.233 e. The quantitative estimate of drug-likeness (QED) is 0.363. The molecule has 1 amide bonds. The second-order valence-electron chi connectivity index (χ2n) is 7.02. The summed E-state index contributed by atoms with van der Waals surface area (Å²) in [6, 6.07) is 17.2. The minimum Gasteiger partial charge on any atom is -0.341 e. The van der Waals surface area contributed by atoms with Crippen LogP contribution in [0.15, 0.2) is 78.2 Å². The normalized spacial score (nSPS) is 10.8. The van der Waals surface area contributed by atoms with Crippen molar-refractivity contribution in [2.24, 2.45) is 0 Å². The molecule has 0 saturated heterocycles. The van der Waals surface area contributed by atoms with Gasteiger partial charge in [0.25, 0.3) is 0 Å². The number of carbonyl (C=O) groups is 1. The van der Waals surface area contributed by atoms with E-state index in [4.69, 9.17) is 11.6 Å². The number of amides is 1. The Kier molecular flexibility index (Phi) is 6.82. The maximum absolute atomic E-state index is 13.1. The Hall–Kier alpha value is -3.23. The molecular weight excluding hydrogens is 449 g/mol. The third-order valence-electron chi connectivity index (χ3n) is 4.74. The first-order valence-corrected chi connectivity index (χ1v) is 11.1. The van der Waals surface area contributed by atoms with Gasteiger partial charge in [0.05, 0.1) is 5.75 Å². The second-order valence-corrected chi connectivity index (χ2v) is 8.40. The monoisotopic (exact) mass is 467 g/mol. The van der Waals surface area contributed by atoms with Gasteiger partial charge in [-0.2, -0.15) is 0 Å². The van der Waals surface area contributed by atoms with Gasteiger partial charge < -0.3 is 4.90 Å². The van der Waals surface area contributed by atoms with E-state index < -0.39 is 0 Å². The van der Waals surface area contributed by atoms with E-state index >= 15 is 0 Å². The van der Waals surface area contributed by atoms with Crippen molar-refractivity contribution < 1.29 is 9.18 Å². The Morgan fingerprint density at radius 3 is 2.41 bits per heavy atom. The summed E-state index contributed by atoms with van der Waals surface area (Å²) < 4.78 is 15.0. The summed E-state index contributed by atoms with van der Waals surface area (Å²) in [6.45, 7) is 0.395. The first kappa shape index (κ1) is 22.0. The lowest BCUT2D eigenvalue weighted by molar-refractivity contribution is -0.127. The fourth-order valence-electron chi connectivity index (χ4n) is 3.06. The van der Waals surface area contributed by atoms with Crippen molar-refractivity contribution in [1.29, 1.82) is 0 Å². The molecule has 0 aliphatic carbocycles. The van der Waals surface area contributed by atoms with Crippen LogP contribution >= 0.6 is 23.4 Å². The predicted octanol–water partition coefficient (Wildman–Crippen LogP) is 4.87. The van der Waals surface area contributed by atoms with Crippen molar-refractivity contribution in [3.63, 3.8) is 0 Å². The van der Waals surface area contributed by atoms with E-state index in [-0.39, 0.29) is 17.5 Å². The van der Waals surface area contributed by atoms with Gasteiger partial charge in [0, 0.05) is 42.3 Å². The Morgan fingerprint density at radius 1 is 1.03 bits per heavy atom. The molecule has 2 heterocycles. The molecule has 162 valence electrons. The molecule has 0 aliphatic rings. The first-order chi connectivity index (χ1) is 15.5. The van der Waals surface area contributed by atoms with Gasteiger partial charge in [-0.25, -0.2) is 4.39 Å². The lowest BCUT2D eigenvalue weighted by Crippen LogP contribution is -2.27. The van der Waals surface area contributed by atoms with E-state index in [2.05, 4.69) is 15.2 Å². The van der Waals surface area contributed by atoms with E-state index in [1.165, 1.54) is 23.9 Å². The van der Waals surface area contributed by atoms with Crippen molar-refractivity contribution in [3.05, 3.63) is 89.5 Å². The highest BCUT2D eigenvalue weighted by Crippen LogP contribution is 2.28. The van der Waals surface area contributed by atoms with Crippen LogP contribution in [0.5, 0.6) is 0 Å². The molecule has 2 aromatic heterocycles. The SMILES string of the molecule is CN(Cc1ccc(F)cc1)C(=O)CSc1nnc(-c2ccncc2)n1-c1ccc(Cl)cc1. The zero-order valence-electron chi connectivity index (χ0n) is 17.2. The largest absolute Gasteiger partial charge is 0.341 e. The van der Waals surface area contributed by atoms with Gasteiger partial charge >= 0.3 is 0 Å². The number of thioether (sulfide) groups is 1. The number of halogens is 2. The molecule has 0 bridgehead atoms. The lowest BCUT2D eigenvalue weighted by Gasteiger charge is -2.17. The number of benzene rings is 2. The van der Waals surface area contributed by atoms with Gasteiger partial charge in [0.15, 0.2) is 11.0 Å². The van der Waals surface area contributed by atoms with Gasteiger partial charge in [-0.1, -0.05) is 35.5 Å². The molecule has 6 nitrogen and oxygen atoms in total. The zero-order valence-corrected chi connectivity index (χ0v) is 18.7. The Morgan fingerprint density at radius 2 is 1.72 bits per heavy atom. The summed E-state index contributed by atoms with van der Waals surface area (Å²) in [5.74, 6) is 0.448. The van der Waals surface area contributed by atoms with Crippen LogP contribution in [0.1, 0.15) is 5.56 Å². The van der Waals surface area contributed by atoms with Crippen molar-refractivity contribution in [1.82, 2.24) is 24.6 Å². The topological polar surface area (TPSA) is 63.9 Å². The molecule has 0 radical (unpaired) electrons. The number of hydrogen-bond donors (Lipinski definition) is 0. The van der Waals surface area contributed by atoms with Crippen molar-refractivity contribution >= 4 is 29.3 Å². The molecule has 9 heteroatoms. The van der Waals surface area contributed by atoms with Crippen LogP contribution < -0.4 is 0 Å². The standard InChI is InChI=1S/C23H19ClFN5OS/c1-29(14-16-2-6-19(25)7-3-16)21(31)15-32-23-28-27-22(17-10-12-26-13-11-17)30(23)20-8-4-18(24)5-9-20/h2-13H,14-15H2,1H3. The molecule has 0 spiro atoms. The number of nitrogens with zero attached hydrogens (tertiary/aromatic N) is 5. The Balaban J connectivity index is 1.54. The molecule has 0 aliphatic heterocycles. The molecule has 0 fully saturated rings. The van der Waals surface area contributed by atoms with Crippen LogP contribution in [0.4, 0.5) is 4.39 Å². The molecule has 0 atom stereocenters. The summed E-state index contributed by atoms with van der Waals surface area (Å²) in [5, 5.41) is 9.89. The average Bonchev–Trinajstić information content (AvgIpc) is 3.24. The third-order valence-corrected chi connectivity index (χ3v) is 5.91. The molecule has 0 unspecified atom stereocenters. The zero-order chi connectivity index (χ0) is 22.5. The Bertz CT molecular complexity index is 1200. The minimum atomic E-state index is -0.301. The Labute approximate surface area is 194 Å². The number of rotatable bonds is 7. The molecule has 4 aromatic rings. The van der Waals surface area contributed by atoms with Gasteiger partial charge in [-0.3, -0.25) is 14.3 Å². The summed E-state index contributed by atoms with van der Waals surface area (Å²) >= 11 is 7.36. The van der Waals surface area contributed by atoms with Crippen LogP contribution in [-0.4, -0.2) is 43.4 Å². The first-order valence-electron chi connectivity index (χ1n) is 9.74. The summed E-state index contributed by atoms with van der Waals surface area (Å²) in [6.07, 6.45) is 3.38. The fraction of sp³-hybridized carbons (Fsp3) is 0.130. The summed E-state index contributed by atoms with van der Waals surface area (Å²) in [4.78, 5) is 18.4. The van der Waals surface area contributed by atoms with E-state index in [9.17, 15) is 9.18 Å². The number of pyridine rings is 1. The highest BCUT2D eigenvalue weighted by molar-refractivity contribution is 7.99. The molecule has 0 N–H and O–H groups in total. The predicted molar refractivity (Wildman–Crippen MR) is 123 cm³/mol. The third kappa shape index (κ3) is 5.15. The van der Waals surface area contributed by atoms with Gasteiger partial charge in [-0.15, -0.1) is 10.2 Å². The van der Waals surface area contributed by atoms with E-state index in [1.807, 2.05) is 28.8 Å². The van der Waals surface area contributed by atoms with Gasteiger partial charge in [0.2, 0.25) is 5.91 Å². The molecule has 0 saturated carbocycles. The van der Waals surface area contributed by atoms with Crippen molar-refractivity contribution in [2.75, 3.05) is 12.8 Å². The summed E-state index contributed by atoms with van der Waals surface area (Å²) in [7, 11) is 1.72. The van der Waals surface area contributed by atoms with Gasteiger partial charge in [0.1, 0.15) is 5.82 Å². The van der Waals surface area contributed by atoms with E-state index in [0.29, 0.717) is 22.5 Å². The molecule has 4 rings (SSSR count). The minimum absolute atomic E-state index is 0.0737. The van der Waals surface area contributed by atoms with Crippen LogP contribution in [0, 0.1) is 5.82 Å². The maximum atomic E-state index is 13.1. The number of hydrogen-bond acceptors (Lipinski definition) is 5. The maximum Gasteiger partial charge on any atom is 0.233 e. The average molecular weight is 468 g/mol. The van der Waals surface area contributed by atoms with Crippen LogP contribution in [0.3, 0.4) is 0 Å². The van der Waals surface area contributed by atoms with Crippen LogP contribution in [0.25, 0.3) is 17.1 Å². The number of aromatic nitrogens is 4. The van der Waals surface area contributed by atoms with Gasteiger partial charge in [-0.05, 0) is 54.1 Å². The van der Waals surface area contributed by atoms with Crippen molar-refractivity contribution in [3.8, 4) is 17.1 Å². The van der Waals surface area contributed by atoms with Crippen LogP contribution in [0.2, 0.25) is 5.02 Å².